The van der Waals surface area contributed by atoms with Crippen LogP contribution >= 0.6 is 11.6 Å². The average Bonchev–Trinajstić information content (AvgIpc) is 3.09. The Hall–Kier alpha value is -3.36. The van der Waals surface area contributed by atoms with Gasteiger partial charge in [-0.2, -0.15) is 0 Å². The van der Waals surface area contributed by atoms with Crippen LogP contribution < -0.4 is 10.0 Å². The quantitative estimate of drug-likeness (QED) is 0.400. The number of H-pyrrole nitrogens is 1. The molecule has 0 radical (unpaired) electrons. The topological polar surface area (TPSA) is 104 Å². The smallest absolute Gasteiger partial charge is 0.230 e. The second kappa shape index (κ2) is 8.41. The third-order valence-corrected chi connectivity index (χ3v) is 5.39. The number of hydrogen-bond donors (Lipinski definition) is 3. The normalized spacial score (nSPS) is 11.4. The number of aromatic amines is 1. The van der Waals surface area contributed by atoms with Crippen molar-refractivity contribution in [2.45, 2.75) is 6.42 Å². The second-order valence-corrected chi connectivity index (χ2v) is 9.29. The Balaban J connectivity index is 1.56. The Morgan fingerprint density at radius 2 is 1.84 bits per heavy atom. The van der Waals surface area contributed by atoms with Crippen molar-refractivity contribution in [1.29, 1.82) is 0 Å². The van der Waals surface area contributed by atoms with E-state index in [1.54, 1.807) is 42.6 Å². The monoisotopic (exact) mass is 454 g/mol. The molecule has 9 heteroatoms. The number of fused-ring (bicyclic) bond motifs is 1. The fraction of sp³-hybridized carbons (Fsp3) is 0.0909. The minimum absolute atomic E-state index is 0.152. The number of nitrogens with zero attached hydrogens (tertiary/aromatic N) is 1. The molecular formula is C22H19ClN4O3S. The summed E-state index contributed by atoms with van der Waals surface area (Å²) in [6.07, 6.45) is 2.95. The third kappa shape index (κ3) is 5.22. The van der Waals surface area contributed by atoms with E-state index in [2.05, 4.69) is 20.0 Å². The van der Waals surface area contributed by atoms with Gasteiger partial charge < -0.3 is 10.3 Å². The van der Waals surface area contributed by atoms with E-state index in [9.17, 15) is 13.2 Å². The summed E-state index contributed by atoms with van der Waals surface area (Å²) in [6, 6.07) is 17.8. The molecule has 0 atom stereocenters. The lowest BCUT2D eigenvalue weighted by Crippen LogP contribution is -2.14. The van der Waals surface area contributed by atoms with Gasteiger partial charge in [0.05, 0.1) is 12.7 Å². The van der Waals surface area contributed by atoms with Crippen LogP contribution in [0.3, 0.4) is 0 Å². The Kier molecular flexibility index (Phi) is 5.67. The standard InChI is InChI=1S/C22H19ClN4O3S/c1-31(29,30)27-16-7-5-14(6-8-16)19-9-10-24-22-20(19)12-18(26-22)13-21(28)25-17-4-2-3-15(23)11-17/h2-12,27H,13H2,1H3,(H,24,26)(H,25,28). The van der Waals surface area contributed by atoms with Gasteiger partial charge in [-0.3, -0.25) is 9.52 Å². The number of pyridine rings is 1. The molecule has 4 rings (SSSR count). The van der Waals surface area contributed by atoms with E-state index in [1.807, 2.05) is 24.3 Å². The largest absolute Gasteiger partial charge is 0.343 e. The lowest BCUT2D eigenvalue weighted by Gasteiger charge is -2.06. The number of sulfonamides is 1. The highest BCUT2D eigenvalue weighted by molar-refractivity contribution is 7.92. The molecule has 0 aliphatic carbocycles. The van der Waals surface area contributed by atoms with Crippen molar-refractivity contribution >= 4 is 49.9 Å². The minimum Gasteiger partial charge on any atom is -0.343 e. The zero-order valence-electron chi connectivity index (χ0n) is 16.5. The van der Waals surface area contributed by atoms with Crippen LogP contribution in [0.15, 0.2) is 66.9 Å². The van der Waals surface area contributed by atoms with Crippen molar-refractivity contribution < 1.29 is 13.2 Å². The van der Waals surface area contributed by atoms with E-state index in [1.165, 1.54) is 0 Å². The molecule has 0 saturated heterocycles. The summed E-state index contributed by atoms with van der Waals surface area (Å²) in [5.74, 6) is -0.174. The number of carbonyl (C=O) groups excluding carboxylic acids is 1. The molecular weight excluding hydrogens is 436 g/mol. The highest BCUT2D eigenvalue weighted by Crippen LogP contribution is 2.29. The van der Waals surface area contributed by atoms with E-state index < -0.39 is 10.0 Å². The maximum Gasteiger partial charge on any atom is 0.230 e. The molecule has 2 aromatic carbocycles. The Morgan fingerprint density at radius 3 is 2.55 bits per heavy atom. The van der Waals surface area contributed by atoms with Crippen LogP contribution in [-0.4, -0.2) is 30.5 Å². The highest BCUT2D eigenvalue weighted by Gasteiger charge is 2.12. The summed E-state index contributed by atoms with van der Waals surface area (Å²) in [4.78, 5) is 20.0. The number of rotatable bonds is 6. The molecule has 0 bridgehead atoms. The number of hydrogen-bond acceptors (Lipinski definition) is 4. The maximum atomic E-state index is 12.4. The first-order valence-corrected chi connectivity index (χ1v) is 11.6. The third-order valence-electron chi connectivity index (χ3n) is 4.55. The fourth-order valence-corrected chi connectivity index (χ4v) is 4.06. The Bertz CT molecular complexity index is 1370. The lowest BCUT2D eigenvalue weighted by molar-refractivity contribution is -0.115. The molecule has 4 aromatic rings. The van der Waals surface area contributed by atoms with Crippen molar-refractivity contribution in [3.63, 3.8) is 0 Å². The summed E-state index contributed by atoms with van der Waals surface area (Å²) < 4.78 is 25.2. The van der Waals surface area contributed by atoms with Crippen molar-refractivity contribution in [3.05, 3.63) is 77.6 Å². The van der Waals surface area contributed by atoms with Crippen molar-refractivity contribution in [2.24, 2.45) is 0 Å². The molecule has 2 heterocycles. The van der Waals surface area contributed by atoms with Crippen LogP contribution in [0.1, 0.15) is 5.69 Å². The number of nitrogens with one attached hydrogen (secondary N) is 3. The zero-order valence-corrected chi connectivity index (χ0v) is 18.1. The summed E-state index contributed by atoms with van der Waals surface area (Å²) in [7, 11) is -3.33. The van der Waals surface area contributed by atoms with Gasteiger partial charge in [-0.25, -0.2) is 13.4 Å². The first kappa shape index (κ1) is 20.9. The van der Waals surface area contributed by atoms with Gasteiger partial charge in [-0.1, -0.05) is 29.8 Å². The van der Waals surface area contributed by atoms with E-state index in [0.29, 0.717) is 22.0 Å². The summed E-state index contributed by atoms with van der Waals surface area (Å²) >= 11 is 5.96. The molecule has 0 unspecified atom stereocenters. The number of aromatic nitrogens is 2. The zero-order chi connectivity index (χ0) is 22.0. The van der Waals surface area contributed by atoms with Gasteiger partial charge in [0, 0.05) is 33.7 Å². The minimum atomic E-state index is -3.33. The van der Waals surface area contributed by atoms with Gasteiger partial charge >= 0.3 is 0 Å². The van der Waals surface area contributed by atoms with E-state index in [4.69, 9.17) is 11.6 Å². The van der Waals surface area contributed by atoms with Gasteiger partial charge in [0.15, 0.2) is 0 Å². The number of benzene rings is 2. The predicted octanol–water partition coefficient (Wildman–Crippen LogP) is 4.44. The van der Waals surface area contributed by atoms with Gasteiger partial charge in [-0.05, 0) is 53.6 Å². The molecule has 2 aromatic heterocycles. The predicted molar refractivity (Wildman–Crippen MR) is 124 cm³/mol. The fourth-order valence-electron chi connectivity index (χ4n) is 3.30. The number of carbonyl (C=O) groups is 1. The Labute approximate surface area is 184 Å². The molecule has 7 nitrogen and oxygen atoms in total. The number of anilines is 2. The average molecular weight is 455 g/mol. The van der Waals surface area contributed by atoms with Gasteiger partial charge in [0.25, 0.3) is 0 Å². The van der Waals surface area contributed by atoms with Crippen LogP contribution in [0, 0.1) is 0 Å². The summed E-state index contributed by atoms with van der Waals surface area (Å²) in [6.45, 7) is 0. The molecule has 3 N–H and O–H groups in total. The molecule has 0 aliphatic heterocycles. The highest BCUT2D eigenvalue weighted by atomic mass is 35.5. The van der Waals surface area contributed by atoms with Crippen molar-refractivity contribution in [3.8, 4) is 11.1 Å². The molecule has 31 heavy (non-hydrogen) atoms. The lowest BCUT2D eigenvalue weighted by atomic mass is 10.0. The second-order valence-electron chi connectivity index (χ2n) is 7.10. The Morgan fingerprint density at radius 1 is 1.06 bits per heavy atom. The van der Waals surface area contributed by atoms with Gasteiger partial charge in [0.1, 0.15) is 5.65 Å². The first-order chi connectivity index (χ1) is 14.8. The van der Waals surface area contributed by atoms with Crippen LogP contribution in [0.2, 0.25) is 5.02 Å². The maximum absolute atomic E-state index is 12.4. The van der Waals surface area contributed by atoms with Crippen LogP contribution in [0.5, 0.6) is 0 Å². The molecule has 0 fully saturated rings. The summed E-state index contributed by atoms with van der Waals surface area (Å²) in [5, 5.41) is 4.25. The molecule has 158 valence electrons. The number of halogens is 1. The molecule has 0 saturated carbocycles. The molecule has 0 aliphatic rings. The van der Waals surface area contributed by atoms with Crippen molar-refractivity contribution in [2.75, 3.05) is 16.3 Å². The van der Waals surface area contributed by atoms with Crippen LogP contribution in [0.25, 0.3) is 22.2 Å². The molecule has 1 amide bonds. The van der Waals surface area contributed by atoms with Gasteiger partial charge in [-0.15, -0.1) is 0 Å². The molecule has 0 spiro atoms. The number of amides is 1. The summed E-state index contributed by atoms with van der Waals surface area (Å²) in [5.41, 5.74) is 4.35. The van der Waals surface area contributed by atoms with Gasteiger partial charge in [0.2, 0.25) is 15.9 Å². The van der Waals surface area contributed by atoms with E-state index in [0.717, 1.165) is 28.5 Å². The van der Waals surface area contributed by atoms with Crippen molar-refractivity contribution in [1.82, 2.24) is 9.97 Å². The van der Waals surface area contributed by atoms with E-state index >= 15 is 0 Å². The first-order valence-electron chi connectivity index (χ1n) is 9.37. The van der Waals surface area contributed by atoms with E-state index in [-0.39, 0.29) is 12.3 Å². The van der Waals surface area contributed by atoms with Crippen LogP contribution in [0.4, 0.5) is 11.4 Å². The SMILES string of the molecule is CS(=O)(=O)Nc1ccc(-c2ccnc3[nH]c(CC(=O)Nc4cccc(Cl)c4)cc23)cc1. The van der Waals surface area contributed by atoms with Crippen LogP contribution in [-0.2, 0) is 21.2 Å².